The maximum Gasteiger partial charge on any atom is 0.125 e. The number of benzene rings is 1. The van der Waals surface area contributed by atoms with Gasteiger partial charge in [0.2, 0.25) is 0 Å². The molecule has 0 spiro atoms. The normalized spacial score (nSPS) is 8.80. The summed E-state index contributed by atoms with van der Waals surface area (Å²) in [7, 11) is 1.70. The Labute approximate surface area is 93.8 Å². The van der Waals surface area contributed by atoms with Crippen molar-refractivity contribution >= 4 is 0 Å². The zero-order valence-corrected chi connectivity index (χ0v) is 10.3. The highest BCUT2D eigenvalue weighted by Gasteiger charge is 2.02. The van der Waals surface area contributed by atoms with Crippen LogP contribution in [0.25, 0.3) is 0 Å². The molecular weight excluding hydrogens is 184 g/mol. The Bertz CT molecular complexity index is 289. The Balaban J connectivity index is 0.000000583. The smallest absolute Gasteiger partial charge is 0.125 e. The van der Waals surface area contributed by atoms with Crippen LogP contribution in [0.1, 0.15) is 31.4 Å². The second kappa shape index (κ2) is 8.10. The zero-order valence-electron chi connectivity index (χ0n) is 10.3. The standard InChI is InChI=1S/C11H14O.C3H8/c1-4-6-10-8-5-7-9(2)11(10)12-3;1-3-2/h4-5,7-8H,1,6H2,2-3H3;3H2,1-2H3. The van der Waals surface area contributed by atoms with Crippen molar-refractivity contribution < 1.29 is 4.74 Å². The predicted molar refractivity (Wildman–Crippen MR) is 67.6 cm³/mol. The third-order valence-corrected chi connectivity index (χ3v) is 1.86. The molecule has 0 saturated carbocycles. The molecule has 1 heteroatoms. The highest BCUT2D eigenvalue weighted by atomic mass is 16.5. The van der Waals surface area contributed by atoms with Gasteiger partial charge in [-0.1, -0.05) is 44.5 Å². The third kappa shape index (κ3) is 4.68. The van der Waals surface area contributed by atoms with E-state index in [4.69, 9.17) is 4.74 Å². The summed E-state index contributed by atoms with van der Waals surface area (Å²) in [5.74, 6) is 0.984. The minimum absolute atomic E-state index is 0.866. The Morgan fingerprint density at radius 1 is 1.33 bits per heavy atom. The first-order chi connectivity index (χ1) is 7.21. The minimum Gasteiger partial charge on any atom is -0.496 e. The van der Waals surface area contributed by atoms with Crippen LogP contribution in [0, 0.1) is 6.92 Å². The average Bonchev–Trinajstić information content (AvgIpc) is 2.20. The molecule has 0 N–H and O–H groups in total. The van der Waals surface area contributed by atoms with Crippen molar-refractivity contribution in [2.24, 2.45) is 0 Å². The van der Waals surface area contributed by atoms with Gasteiger partial charge in [0.25, 0.3) is 0 Å². The van der Waals surface area contributed by atoms with Crippen molar-refractivity contribution in [1.82, 2.24) is 0 Å². The zero-order chi connectivity index (χ0) is 11.7. The molecule has 0 fully saturated rings. The van der Waals surface area contributed by atoms with Gasteiger partial charge in [-0.2, -0.15) is 0 Å². The summed E-state index contributed by atoms with van der Waals surface area (Å²) in [6.45, 7) is 10.0. The van der Waals surface area contributed by atoms with Crippen molar-refractivity contribution in [3.63, 3.8) is 0 Å². The van der Waals surface area contributed by atoms with Crippen LogP contribution in [-0.2, 0) is 6.42 Å². The summed E-state index contributed by atoms with van der Waals surface area (Å²) < 4.78 is 5.28. The highest BCUT2D eigenvalue weighted by molar-refractivity contribution is 5.41. The van der Waals surface area contributed by atoms with Crippen LogP contribution in [0.4, 0.5) is 0 Å². The van der Waals surface area contributed by atoms with Crippen molar-refractivity contribution in [2.75, 3.05) is 7.11 Å². The Morgan fingerprint density at radius 3 is 2.40 bits per heavy atom. The average molecular weight is 206 g/mol. The van der Waals surface area contributed by atoms with Gasteiger partial charge in [-0.3, -0.25) is 0 Å². The van der Waals surface area contributed by atoms with Gasteiger partial charge in [0, 0.05) is 0 Å². The molecule has 0 aliphatic carbocycles. The van der Waals surface area contributed by atoms with Gasteiger partial charge < -0.3 is 4.74 Å². The molecule has 0 aromatic heterocycles. The van der Waals surface area contributed by atoms with Crippen LogP contribution in [0.5, 0.6) is 5.75 Å². The largest absolute Gasteiger partial charge is 0.496 e. The Kier molecular flexibility index (Phi) is 7.43. The van der Waals surface area contributed by atoms with Crippen molar-refractivity contribution in [2.45, 2.75) is 33.6 Å². The number of hydrogen-bond acceptors (Lipinski definition) is 1. The summed E-state index contributed by atoms with van der Waals surface area (Å²) in [4.78, 5) is 0. The molecule has 0 aliphatic rings. The van der Waals surface area contributed by atoms with Gasteiger partial charge in [0.1, 0.15) is 5.75 Å². The van der Waals surface area contributed by atoms with E-state index in [2.05, 4.69) is 26.5 Å². The number of ether oxygens (including phenoxy) is 1. The third-order valence-electron chi connectivity index (χ3n) is 1.86. The topological polar surface area (TPSA) is 9.23 Å². The van der Waals surface area contributed by atoms with Gasteiger partial charge >= 0.3 is 0 Å². The first-order valence-electron chi connectivity index (χ1n) is 5.44. The van der Waals surface area contributed by atoms with Crippen LogP contribution in [0.2, 0.25) is 0 Å². The van der Waals surface area contributed by atoms with Gasteiger partial charge in [-0.05, 0) is 24.5 Å². The quantitative estimate of drug-likeness (QED) is 0.675. The van der Waals surface area contributed by atoms with Gasteiger partial charge in [-0.25, -0.2) is 0 Å². The lowest BCUT2D eigenvalue weighted by Gasteiger charge is -2.08. The van der Waals surface area contributed by atoms with E-state index in [1.165, 1.54) is 17.5 Å². The van der Waals surface area contributed by atoms with Gasteiger partial charge in [-0.15, -0.1) is 6.58 Å². The van der Waals surface area contributed by atoms with Crippen molar-refractivity contribution in [1.29, 1.82) is 0 Å². The molecule has 1 nitrogen and oxygen atoms in total. The predicted octanol–water partition coefficient (Wildman–Crippen LogP) is 4.15. The number of aryl methyl sites for hydroxylation is 1. The van der Waals surface area contributed by atoms with Crippen LogP contribution in [-0.4, -0.2) is 7.11 Å². The van der Waals surface area contributed by atoms with E-state index in [1.807, 2.05) is 25.1 Å². The SMILES string of the molecule is C=CCc1cccc(C)c1OC.CCC. The number of hydrogen-bond donors (Lipinski definition) is 0. The number of allylic oxidation sites excluding steroid dienone is 1. The number of para-hydroxylation sites is 1. The lowest BCUT2D eigenvalue weighted by molar-refractivity contribution is 0.407. The van der Waals surface area contributed by atoms with Gasteiger partial charge in [0.05, 0.1) is 7.11 Å². The fraction of sp³-hybridized carbons (Fsp3) is 0.429. The van der Waals surface area contributed by atoms with Crippen LogP contribution in [0.15, 0.2) is 30.9 Å². The molecular formula is C14H22O. The van der Waals surface area contributed by atoms with Gasteiger partial charge in [0.15, 0.2) is 0 Å². The molecule has 0 bridgehead atoms. The molecule has 0 unspecified atom stereocenters. The van der Waals surface area contributed by atoms with Crippen molar-refractivity contribution in [3.8, 4) is 5.75 Å². The number of methoxy groups -OCH3 is 1. The highest BCUT2D eigenvalue weighted by Crippen LogP contribution is 2.23. The monoisotopic (exact) mass is 206 g/mol. The first kappa shape index (κ1) is 13.8. The maximum atomic E-state index is 5.28. The summed E-state index contributed by atoms with van der Waals surface area (Å²) >= 11 is 0. The maximum absolute atomic E-state index is 5.28. The van der Waals surface area contributed by atoms with E-state index >= 15 is 0 Å². The molecule has 0 atom stereocenters. The van der Waals surface area contributed by atoms with E-state index < -0.39 is 0 Å². The van der Waals surface area contributed by atoms with E-state index in [0.29, 0.717) is 0 Å². The fourth-order valence-electron chi connectivity index (χ4n) is 1.32. The molecule has 0 heterocycles. The van der Waals surface area contributed by atoms with Crippen molar-refractivity contribution in [3.05, 3.63) is 42.0 Å². The molecule has 15 heavy (non-hydrogen) atoms. The van der Waals surface area contributed by atoms with Crippen LogP contribution >= 0.6 is 0 Å². The second-order valence-corrected chi connectivity index (χ2v) is 3.47. The minimum atomic E-state index is 0.866. The molecule has 0 aliphatic heterocycles. The summed E-state index contributed by atoms with van der Waals surface area (Å²) in [5.41, 5.74) is 2.38. The Morgan fingerprint density at radius 2 is 1.93 bits per heavy atom. The fourth-order valence-corrected chi connectivity index (χ4v) is 1.32. The molecule has 84 valence electrons. The molecule has 1 aromatic carbocycles. The lowest BCUT2D eigenvalue weighted by Crippen LogP contribution is -1.92. The summed E-state index contributed by atoms with van der Waals surface area (Å²) in [5, 5.41) is 0. The summed E-state index contributed by atoms with van der Waals surface area (Å²) in [6.07, 6.45) is 4.00. The first-order valence-corrected chi connectivity index (χ1v) is 5.44. The number of rotatable bonds is 3. The second-order valence-electron chi connectivity index (χ2n) is 3.47. The van der Waals surface area contributed by atoms with E-state index in [9.17, 15) is 0 Å². The molecule has 1 rings (SSSR count). The molecule has 1 aromatic rings. The summed E-state index contributed by atoms with van der Waals surface area (Å²) in [6, 6.07) is 6.15. The molecule has 0 saturated heterocycles. The van der Waals surface area contributed by atoms with E-state index in [-0.39, 0.29) is 0 Å². The molecule has 0 amide bonds. The Hall–Kier alpha value is -1.24. The van der Waals surface area contributed by atoms with Crippen LogP contribution < -0.4 is 4.74 Å². The van der Waals surface area contributed by atoms with Crippen LogP contribution in [0.3, 0.4) is 0 Å². The molecule has 0 radical (unpaired) electrons. The van der Waals surface area contributed by atoms with E-state index in [1.54, 1.807) is 7.11 Å². The lowest BCUT2D eigenvalue weighted by atomic mass is 10.1. The van der Waals surface area contributed by atoms with E-state index in [0.717, 1.165) is 12.2 Å².